The molecule has 3 nitrogen and oxygen atoms in total. The van der Waals surface area contributed by atoms with Crippen LogP contribution in [0.5, 0.6) is 0 Å². The van der Waals surface area contributed by atoms with Crippen LogP contribution in [0.25, 0.3) is 0 Å². The van der Waals surface area contributed by atoms with Crippen LogP contribution in [0.2, 0.25) is 0 Å². The Bertz CT molecular complexity index is 484. The first-order valence-electron chi connectivity index (χ1n) is 6.51. The van der Waals surface area contributed by atoms with Gasteiger partial charge in [0.05, 0.1) is 11.7 Å². The molecule has 1 aliphatic carbocycles. The number of carbonyl (C=O) groups is 1. The lowest BCUT2D eigenvalue weighted by Gasteiger charge is -2.24. The third-order valence-corrected chi connectivity index (χ3v) is 3.54. The van der Waals surface area contributed by atoms with E-state index in [1.807, 2.05) is 0 Å². The van der Waals surface area contributed by atoms with Crippen molar-refractivity contribution in [2.45, 2.75) is 31.5 Å². The Morgan fingerprint density at radius 3 is 2.65 bits per heavy atom. The number of alkyl halides is 3. The molecule has 2 N–H and O–H groups in total. The van der Waals surface area contributed by atoms with Gasteiger partial charge in [-0.1, -0.05) is 18.6 Å². The molecule has 0 aromatic heterocycles. The van der Waals surface area contributed by atoms with Crippen LogP contribution >= 0.6 is 0 Å². The number of amides is 1. The molecule has 1 amide bonds. The molecule has 0 radical (unpaired) electrons. The summed E-state index contributed by atoms with van der Waals surface area (Å²) in [4.78, 5) is 11.6. The zero-order valence-corrected chi connectivity index (χ0v) is 10.8. The lowest BCUT2D eigenvalue weighted by molar-refractivity contribution is -0.137. The molecule has 2 rings (SSSR count). The number of halogens is 3. The molecule has 0 saturated heterocycles. The average molecular weight is 287 g/mol. The highest BCUT2D eigenvalue weighted by atomic mass is 19.4. The van der Waals surface area contributed by atoms with Crippen molar-refractivity contribution in [1.29, 1.82) is 0 Å². The minimum absolute atomic E-state index is 0.0105. The normalized spacial score (nSPS) is 17.4. The van der Waals surface area contributed by atoms with Crippen LogP contribution in [0.3, 0.4) is 0 Å². The highest BCUT2D eigenvalue weighted by Crippen LogP contribution is 2.31. The minimum atomic E-state index is -4.44. The van der Waals surface area contributed by atoms with Crippen molar-refractivity contribution in [3.05, 3.63) is 35.4 Å². The fourth-order valence-corrected chi connectivity index (χ4v) is 2.05. The third kappa shape index (κ3) is 3.50. The molecule has 0 heterocycles. The molecule has 20 heavy (non-hydrogen) atoms. The van der Waals surface area contributed by atoms with E-state index in [4.69, 9.17) is 0 Å². The highest BCUT2D eigenvalue weighted by molar-refractivity contribution is 5.79. The van der Waals surface area contributed by atoms with Gasteiger partial charge in [-0.15, -0.1) is 0 Å². The van der Waals surface area contributed by atoms with Crippen LogP contribution in [0.1, 0.15) is 36.5 Å². The summed E-state index contributed by atoms with van der Waals surface area (Å²) in [5, 5.41) is 12.4. The molecular formula is C14H16F3NO2. The van der Waals surface area contributed by atoms with Crippen molar-refractivity contribution >= 4 is 5.91 Å². The molecule has 1 fully saturated rings. The fourth-order valence-electron chi connectivity index (χ4n) is 2.05. The maximum atomic E-state index is 12.6. The quantitative estimate of drug-likeness (QED) is 0.894. The topological polar surface area (TPSA) is 49.3 Å². The molecule has 0 aliphatic heterocycles. The van der Waals surface area contributed by atoms with E-state index in [0.717, 1.165) is 31.4 Å². The number of carbonyl (C=O) groups excluding carboxylic acids is 1. The first-order valence-corrected chi connectivity index (χ1v) is 6.51. The van der Waals surface area contributed by atoms with Crippen molar-refractivity contribution in [2.24, 2.45) is 5.92 Å². The van der Waals surface area contributed by atoms with Crippen LogP contribution in [0, 0.1) is 5.92 Å². The van der Waals surface area contributed by atoms with Crippen molar-refractivity contribution in [3.63, 3.8) is 0 Å². The van der Waals surface area contributed by atoms with Crippen molar-refractivity contribution in [2.75, 3.05) is 6.54 Å². The fraction of sp³-hybridized carbons (Fsp3) is 0.500. The third-order valence-electron chi connectivity index (χ3n) is 3.54. The van der Waals surface area contributed by atoms with Gasteiger partial charge in [0.25, 0.3) is 0 Å². The van der Waals surface area contributed by atoms with E-state index in [1.165, 1.54) is 12.1 Å². The Balaban J connectivity index is 1.94. The standard InChI is InChI=1S/C14H16F3NO2/c15-14(16,17)11-6-2-5-10(7-11)12(19)8-18-13(20)9-3-1-4-9/h2,5-7,9,12,19H,1,3-4,8H2,(H,18,20). The zero-order chi connectivity index (χ0) is 14.8. The SMILES string of the molecule is O=C(NCC(O)c1cccc(C(F)(F)F)c1)C1CCC1. The molecule has 1 aliphatic rings. The van der Waals surface area contributed by atoms with Crippen molar-refractivity contribution in [1.82, 2.24) is 5.32 Å². The molecular weight excluding hydrogens is 271 g/mol. The first-order chi connectivity index (χ1) is 9.38. The lowest BCUT2D eigenvalue weighted by atomic mass is 9.85. The number of aliphatic hydroxyl groups is 1. The monoisotopic (exact) mass is 287 g/mol. The van der Waals surface area contributed by atoms with E-state index >= 15 is 0 Å². The summed E-state index contributed by atoms with van der Waals surface area (Å²) in [6.45, 7) is -0.0728. The summed E-state index contributed by atoms with van der Waals surface area (Å²) in [7, 11) is 0. The Morgan fingerprint density at radius 2 is 2.10 bits per heavy atom. The van der Waals surface area contributed by atoms with Gasteiger partial charge in [-0.05, 0) is 30.5 Å². The summed E-state index contributed by atoms with van der Waals surface area (Å²) in [6, 6.07) is 4.51. The molecule has 1 aromatic rings. The van der Waals surface area contributed by atoms with Gasteiger partial charge >= 0.3 is 6.18 Å². The van der Waals surface area contributed by atoms with Crippen LogP contribution < -0.4 is 5.32 Å². The van der Waals surface area contributed by atoms with Crippen LogP contribution in [-0.4, -0.2) is 17.6 Å². The van der Waals surface area contributed by atoms with E-state index in [0.29, 0.717) is 0 Å². The van der Waals surface area contributed by atoms with Crippen LogP contribution in [0.4, 0.5) is 13.2 Å². The molecule has 1 unspecified atom stereocenters. The van der Waals surface area contributed by atoms with Gasteiger partial charge in [0, 0.05) is 12.5 Å². The minimum Gasteiger partial charge on any atom is -0.387 e. The Hall–Kier alpha value is -1.56. The number of nitrogens with one attached hydrogen (secondary N) is 1. The molecule has 1 saturated carbocycles. The molecule has 0 spiro atoms. The Morgan fingerprint density at radius 1 is 1.40 bits per heavy atom. The van der Waals surface area contributed by atoms with Gasteiger partial charge in [0.2, 0.25) is 5.91 Å². The first kappa shape index (κ1) is 14.8. The van der Waals surface area contributed by atoms with Crippen LogP contribution in [-0.2, 0) is 11.0 Å². The molecule has 0 bridgehead atoms. The van der Waals surface area contributed by atoms with E-state index in [9.17, 15) is 23.1 Å². The van der Waals surface area contributed by atoms with Gasteiger partial charge < -0.3 is 10.4 Å². The smallest absolute Gasteiger partial charge is 0.387 e. The Labute approximate surface area is 114 Å². The average Bonchev–Trinajstić information content (AvgIpc) is 2.33. The second-order valence-corrected chi connectivity index (χ2v) is 5.01. The number of hydrogen-bond acceptors (Lipinski definition) is 2. The maximum Gasteiger partial charge on any atom is 0.416 e. The van der Waals surface area contributed by atoms with E-state index in [-0.39, 0.29) is 23.9 Å². The summed E-state index contributed by atoms with van der Waals surface area (Å²) >= 11 is 0. The summed E-state index contributed by atoms with van der Waals surface area (Å²) in [5.74, 6) is -0.147. The number of benzene rings is 1. The molecule has 6 heteroatoms. The van der Waals surface area contributed by atoms with Crippen molar-refractivity contribution in [3.8, 4) is 0 Å². The summed E-state index contributed by atoms with van der Waals surface area (Å²) < 4.78 is 37.7. The predicted molar refractivity (Wildman–Crippen MR) is 66.8 cm³/mol. The second-order valence-electron chi connectivity index (χ2n) is 5.01. The van der Waals surface area contributed by atoms with Gasteiger partial charge in [-0.3, -0.25) is 4.79 Å². The van der Waals surface area contributed by atoms with Gasteiger partial charge in [0.1, 0.15) is 0 Å². The van der Waals surface area contributed by atoms with Crippen LogP contribution in [0.15, 0.2) is 24.3 Å². The number of aliphatic hydroxyl groups excluding tert-OH is 1. The van der Waals surface area contributed by atoms with E-state index in [2.05, 4.69) is 5.32 Å². The van der Waals surface area contributed by atoms with Gasteiger partial charge in [0.15, 0.2) is 0 Å². The largest absolute Gasteiger partial charge is 0.416 e. The second kappa shape index (κ2) is 5.83. The van der Waals surface area contributed by atoms with Gasteiger partial charge in [-0.2, -0.15) is 13.2 Å². The molecule has 1 atom stereocenters. The number of rotatable bonds is 4. The summed E-state index contributed by atoms with van der Waals surface area (Å²) in [5.41, 5.74) is -0.659. The highest BCUT2D eigenvalue weighted by Gasteiger charge is 2.31. The van der Waals surface area contributed by atoms with Crippen molar-refractivity contribution < 1.29 is 23.1 Å². The van der Waals surface area contributed by atoms with E-state index < -0.39 is 17.8 Å². The molecule has 110 valence electrons. The Kier molecular flexibility index (Phi) is 4.32. The molecule has 1 aromatic carbocycles. The zero-order valence-electron chi connectivity index (χ0n) is 10.8. The lowest BCUT2D eigenvalue weighted by Crippen LogP contribution is -2.36. The van der Waals surface area contributed by atoms with Gasteiger partial charge in [-0.25, -0.2) is 0 Å². The van der Waals surface area contributed by atoms with E-state index in [1.54, 1.807) is 0 Å². The number of hydrogen-bond donors (Lipinski definition) is 2. The summed E-state index contributed by atoms with van der Waals surface area (Å²) in [6.07, 6.45) is -2.88. The maximum absolute atomic E-state index is 12.6. The predicted octanol–water partition coefficient (Wildman–Crippen LogP) is 2.66.